The fraction of sp³-hybridized carbons (Fsp3) is 0.500. The Morgan fingerprint density at radius 1 is 1.59 bits per heavy atom. The summed E-state index contributed by atoms with van der Waals surface area (Å²) in [6.07, 6.45) is -0.169. The predicted octanol–water partition coefficient (Wildman–Crippen LogP) is 0.257. The molecule has 0 aliphatic heterocycles. The number of carbonyl (C=O) groups is 1. The van der Waals surface area contributed by atoms with Gasteiger partial charge in [0.1, 0.15) is 0 Å². The summed E-state index contributed by atoms with van der Waals surface area (Å²) in [4.78, 5) is 11.5. The number of aromatic nitrogens is 2. The van der Waals surface area contributed by atoms with Gasteiger partial charge in [0, 0.05) is 13.7 Å². The number of amides is 1. The minimum atomic E-state index is -0.586. The molecule has 17 heavy (non-hydrogen) atoms. The smallest absolute Gasteiger partial charge is 0.271 e. The standard InChI is InChI=1S/C10H14ClN3O3/c1-17-6-7(15)4-5-12-10(16)8-2-3-9(11)14-13-8/h2-3,7,15H,4-6H2,1H3,(H,12,16). The van der Waals surface area contributed by atoms with Crippen molar-refractivity contribution in [2.24, 2.45) is 0 Å². The van der Waals surface area contributed by atoms with Gasteiger partial charge in [0.05, 0.1) is 12.7 Å². The molecule has 0 aliphatic carbocycles. The minimum Gasteiger partial charge on any atom is -0.391 e. The quantitative estimate of drug-likeness (QED) is 0.765. The zero-order valence-corrected chi connectivity index (χ0v) is 10.1. The van der Waals surface area contributed by atoms with Crippen molar-refractivity contribution in [3.05, 3.63) is 23.0 Å². The van der Waals surface area contributed by atoms with Crippen LogP contribution in [0, 0.1) is 0 Å². The van der Waals surface area contributed by atoms with Crippen molar-refractivity contribution in [2.75, 3.05) is 20.3 Å². The molecule has 1 unspecified atom stereocenters. The molecule has 0 aromatic carbocycles. The van der Waals surface area contributed by atoms with Crippen LogP contribution in [0.2, 0.25) is 5.15 Å². The number of aliphatic hydroxyl groups excluding tert-OH is 1. The molecule has 0 saturated carbocycles. The fourth-order valence-electron chi connectivity index (χ4n) is 1.16. The van der Waals surface area contributed by atoms with E-state index in [4.69, 9.17) is 16.3 Å². The van der Waals surface area contributed by atoms with Crippen LogP contribution < -0.4 is 5.32 Å². The molecular weight excluding hydrogens is 246 g/mol. The number of hydrogen-bond acceptors (Lipinski definition) is 5. The number of aliphatic hydroxyl groups is 1. The Hall–Kier alpha value is -1.24. The van der Waals surface area contributed by atoms with Crippen LogP contribution in [0.15, 0.2) is 12.1 Å². The molecule has 0 bridgehead atoms. The second-order valence-corrected chi connectivity index (χ2v) is 3.78. The van der Waals surface area contributed by atoms with Crippen LogP contribution >= 0.6 is 11.6 Å². The third-order valence-electron chi connectivity index (χ3n) is 1.99. The van der Waals surface area contributed by atoms with E-state index in [1.165, 1.54) is 19.2 Å². The lowest BCUT2D eigenvalue weighted by molar-refractivity contribution is 0.0587. The third-order valence-corrected chi connectivity index (χ3v) is 2.19. The molecule has 0 aliphatic rings. The maximum absolute atomic E-state index is 11.5. The van der Waals surface area contributed by atoms with Gasteiger partial charge < -0.3 is 15.2 Å². The molecule has 0 spiro atoms. The number of hydrogen-bond donors (Lipinski definition) is 2. The van der Waals surface area contributed by atoms with Gasteiger partial charge in [-0.25, -0.2) is 0 Å². The highest BCUT2D eigenvalue weighted by Gasteiger charge is 2.08. The first-order valence-corrected chi connectivity index (χ1v) is 5.45. The highest BCUT2D eigenvalue weighted by atomic mass is 35.5. The first-order chi connectivity index (χ1) is 8.13. The Labute approximate surface area is 104 Å². The zero-order chi connectivity index (χ0) is 12.7. The average Bonchev–Trinajstić information content (AvgIpc) is 2.30. The molecule has 1 heterocycles. The maximum atomic E-state index is 11.5. The number of nitrogens with one attached hydrogen (secondary N) is 1. The second kappa shape index (κ2) is 7.16. The Morgan fingerprint density at radius 2 is 2.35 bits per heavy atom. The molecule has 0 fully saturated rings. The van der Waals surface area contributed by atoms with Crippen molar-refractivity contribution in [3.8, 4) is 0 Å². The topological polar surface area (TPSA) is 84.3 Å². The number of halogens is 1. The molecule has 0 saturated heterocycles. The van der Waals surface area contributed by atoms with Crippen molar-refractivity contribution >= 4 is 17.5 Å². The van der Waals surface area contributed by atoms with Crippen LogP contribution in [0.5, 0.6) is 0 Å². The summed E-state index contributed by atoms with van der Waals surface area (Å²) in [5, 5.41) is 19.4. The molecular formula is C10H14ClN3O3. The lowest BCUT2D eigenvalue weighted by Gasteiger charge is -2.09. The summed E-state index contributed by atoms with van der Waals surface area (Å²) in [6.45, 7) is 0.588. The van der Waals surface area contributed by atoms with Gasteiger partial charge in [0.15, 0.2) is 10.8 Å². The van der Waals surface area contributed by atoms with Crippen LogP contribution in [-0.2, 0) is 4.74 Å². The van der Waals surface area contributed by atoms with Gasteiger partial charge in [-0.3, -0.25) is 4.79 Å². The van der Waals surface area contributed by atoms with Gasteiger partial charge in [-0.05, 0) is 18.6 Å². The van der Waals surface area contributed by atoms with Gasteiger partial charge in [-0.1, -0.05) is 11.6 Å². The van der Waals surface area contributed by atoms with Gasteiger partial charge in [0.25, 0.3) is 5.91 Å². The summed E-state index contributed by atoms with van der Waals surface area (Å²) >= 11 is 5.54. The first-order valence-electron chi connectivity index (χ1n) is 5.08. The normalized spacial score (nSPS) is 12.2. The van der Waals surface area contributed by atoms with Gasteiger partial charge >= 0.3 is 0 Å². The summed E-state index contributed by atoms with van der Waals surface area (Å²) in [5.41, 5.74) is 0.190. The lowest BCUT2D eigenvalue weighted by Crippen LogP contribution is -2.29. The monoisotopic (exact) mass is 259 g/mol. The van der Waals surface area contributed by atoms with Gasteiger partial charge in [-0.15, -0.1) is 10.2 Å². The Kier molecular flexibility index (Phi) is 5.82. The van der Waals surface area contributed by atoms with Crippen molar-refractivity contribution < 1.29 is 14.6 Å². The lowest BCUT2D eigenvalue weighted by atomic mass is 10.2. The largest absolute Gasteiger partial charge is 0.391 e. The van der Waals surface area contributed by atoms with Crippen LogP contribution in [0.25, 0.3) is 0 Å². The van der Waals surface area contributed by atoms with Crippen molar-refractivity contribution in [1.29, 1.82) is 0 Å². The molecule has 2 N–H and O–H groups in total. The number of nitrogens with zero attached hydrogens (tertiary/aromatic N) is 2. The predicted molar refractivity (Wildman–Crippen MR) is 61.9 cm³/mol. The molecule has 7 heteroatoms. The van der Waals surface area contributed by atoms with E-state index in [1.54, 1.807) is 0 Å². The molecule has 1 rings (SSSR count). The number of rotatable bonds is 6. The number of carbonyl (C=O) groups excluding carboxylic acids is 1. The van der Waals surface area contributed by atoms with E-state index in [9.17, 15) is 9.90 Å². The van der Waals surface area contributed by atoms with Crippen molar-refractivity contribution in [2.45, 2.75) is 12.5 Å². The summed E-state index contributed by atoms with van der Waals surface area (Å²) < 4.78 is 4.76. The third kappa shape index (κ3) is 5.08. The Bertz CT molecular complexity index is 358. The highest BCUT2D eigenvalue weighted by molar-refractivity contribution is 6.29. The first kappa shape index (κ1) is 13.8. The van der Waals surface area contributed by atoms with E-state index in [2.05, 4.69) is 15.5 Å². The minimum absolute atomic E-state index is 0.190. The molecule has 1 aromatic heterocycles. The molecule has 1 aromatic rings. The Balaban J connectivity index is 2.32. The molecule has 1 amide bonds. The molecule has 0 radical (unpaired) electrons. The molecule has 1 atom stereocenters. The van der Waals surface area contributed by atoms with Crippen LogP contribution in [0.1, 0.15) is 16.9 Å². The van der Waals surface area contributed by atoms with Crippen LogP contribution in [-0.4, -0.2) is 47.6 Å². The van der Waals surface area contributed by atoms with E-state index in [0.29, 0.717) is 13.0 Å². The van der Waals surface area contributed by atoms with E-state index in [-0.39, 0.29) is 23.4 Å². The van der Waals surface area contributed by atoms with Crippen molar-refractivity contribution in [1.82, 2.24) is 15.5 Å². The van der Waals surface area contributed by atoms with E-state index < -0.39 is 6.10 Å². The number of methoxy groups -OCH3 is 1. The summed E-state index contributed by atoms with van der Waals surface area (Å²) in [5.74, 6) is -0.348. The fourth-order valence-corrected chi connectivity index (χ4v) is 1.26. The highest BCUT2D eigenvalue weighted by Crippen LogP contribution is 2.02. The summed E-state index contributed by atoms with van der Waals surface area (Å²) in [7, 11) is 1.51. The Morgan fingerprint density at radius 3 is 2.94 bits per heavy atom. The van der Waals surface area contributed by atoms with Crippen LogP contribution in [0.3, 0.4) is 0 Å². The molecule has 6 nitrogen and oxygen atoms in total. The molecule has 94 valence electrons. The van der Waals surface area contributed by atoms with Gasteiger partial charge in [-0.2, -0.15) is 0 Å². The van der Waals surface area contributed by atoms with Gasteiger partial charge in [0.2, 0.25) is 0 Å². The SMILES string of the molecule is COCC(O)CCNC(=O)c1ccc(Cl)nn1. The van der Waals surface area contributed by atoms with E-state index >= 15 is 0 Å². The summed E-state index contributed by atoms with van der Waals surface area (Å²) in [6, 6.07) is 2.97. The zero-order valence-electron chi connectivity index (χ0n) is 9.39. The number of ether oxygens (including phenoxy) is 1. The maximum Gasteiger partial charge on any atom is 0.271 e. The van der Waals surface area contributed by atoms with Crippen LogP contribution in [0.4, 0.5) is 0 Å². The second-order valence-electron chi connectivity index (χ2n) is 3.40. The van der Waals surface area contributed by atoms with E-state index in [0.717, 1.165) is 0 Å². The van der Waals surface area contributed by atoms with E-state index in [1.807, 2.05) is 0 Å². The van der Waals surface area contributed by atoms with Crippen molar-refractivity contribution in [3.63, 3.8) is 0 Å². The average molecular weight is 260 g/mol.